The first-order chi connectivity index (χ1) is 6.99. The largest absolute Gasteiger partial charge is 0.382 e. The van der Waals surface area contributed by atoms with Crippen LogP contribution in [0.15, 0.2) is 17.2 Å². The van der Waals surface area contributed by atoms with E-state index in [1.54, 1.807) is 13.0 Å². The van der Waals surface area contributed by atoms with Crippen molar-refractivity contribution in [2.24, 2.45) is 5.92 Å². The highest BCUT2D eigenvalue weighted by atomic mass is 32.2. The van der Waals surface area contributed by atoms with E-state index in [1.807, 2.05) is 13.0 Å². The second-order valence-corrected chi connectivity index (χ2v) is 6.02. The van der Waals surface area contributed by atoms with Gasteiger partial charge in [-0.1, -0.05) is 6.92 Å². The van der Waals surface area contributed by atoms with Crippen LogP contribution in [0.5, 0.6) is 0 Å². The van der Waals surface area contributed by atoms with Crippen LogP contribution in [0.25, 0.3) is 0 Å². The number of pyridine rings is 1. The maximum atomic E-state index is 12.0. The highest BCUT2D eigenvalue weighted by molar-refractivity contribution is 7.91. The van der Waals surface area contributed by atoms with Crippen LogP contribution in [0, 0.1) is 12.8 Å². The van der Waals surface area contributed by atoms with Gasteiger partial charge in [0.05, 0.1) is 11.4 Å². The molecule has 0 saturated heterocycles. The number of aryl methyl sites for hydroxylation is 1. The third kappa shape index (κ3) is 1.97. The van der Waals surface area contributed by atoms with Gasteiger partial charge in [0.2, 0.25) is 0 Å². The fourth-order valence-corrected chi connectivity index (χ4v) is 3.48. The molecule has 1 aromatic rings. The van der Waals surface area contributed by atoms with Crippen LogP contribution in [0.4, 0.5) is 5.69 Å². The Morgan fingerprint density at radius 1 is 1.47 bits per heavy atom. The van der Waals surface area contributed by atoms with Crippen molar-refractivity contribution in [3.8, 4) is 0 Å². The van der Waals surface area contributed by atoms with E-state index in [2.05, 4.69) is 10.3 Å². The molecule has 0 radical (unpaired) electrons. The number of fused-ring (bicyclic) bond motifs is 1. The topological polar surface area (TPSA) is 59.1 Å². The minimum atomic E-state index is -3.22. The molecule has 82 valence electrons. The van der Waals surface area contributed by atoms with Crippen LogP contribution >= 0.6 is 0 Å². The molecule has 15 heavy (non-hydrogen) atoms. The van der Waals surface area contributed by atoms with Crippen molar-refractivity contribution in [3.63, 3.8) is 0 Å². The first-order valence-electron chi connectivity index (χ1n) is 4.93. The standard InChI is InChI=1S/C10H14N2O2S/c1-7-5-11-9-4-3-8(2)12-10(9)15(13,14)6-7/h3-4,7,11H,5-6H2,1-2H3. The van der Waals surface area contributed by atoms with Gasteiger partial charge in [-0.25, -0.2) is 13.4 Å². The maximum Gasteiger partial charge on any atom is 0.198 e. The molecular weight excluding hydrogens is 212 g/mol. The summed E-state index contributed by atoms with van der Waals surface area (Å²) in [6.45, 7) is 4.39. The number of rotatable bonds is 0. The van der Waals surface area contributed by atoms with Crippen LogP contribution < -0.4 is 5.32 Å². The summed E-state index contributed by atoms with van der Waals surface area (Å²) in [5.74, 6) is 0.285. The van der Waals surface area contributed by atoms with Crippen molar-refractivity contribution < 1.29 is 8.42 Å². The first kappa shape index (κ1) is 10.4. The zero-order chi connectivity index (χ0) is 11.1. The lowest BCUT2D eigenvalue weighted by Crippen LogP contribution is -2.16. The molecule has 0 aromatic carbocycles. The third-order valence-corrected chi connectivity index (χ3v) is 4.35. The summed E-state index contributed by atoms with van der Waals surface area (Å²) in [4.78, 5) is 4.11. The Balaban J connectivity index is 2.60. The molecule has 4 nitrogen and oxygen atoms in total. The van der Waals surface area contributed by atoms with Gasteiger partial charge in [0, 0.05) is 12.2 Å². The van der Waals surface area contributed by atoms with Crippen LogP contribution in [0.1, 0.15) is 12.6 Å². The lowest BCUT2D eigenvalue weighted by Gasteiger charge is -2.06. The molecule has 1 aromatic heterocycles. The van der Waals surface area contributed by atoms with Crippen LogP contribution in [-0.4, -0.2) is 25.7 Å². The van der Waals surface area contributed by atoms with Crippen LogP contribution in [0.2, 0.25) is 0 Å². The van der Waals surface area contributed by atoms with Gasteiger partial charge in [-0.05, 0) is 25.0 Å². The molecule has 5 heteroatoms. The van der Waals surface area contributed by atoms with Crippen LogP contribution in [0.3, 0.4) is 0 Å². The SMILES string of the molecule is Cc1ccc2c(n1)S(=O)(=O)CC(C)CN2. The molecule has 0 fully saturated rings. The van der Waals surface area contributed by atoms with E-state index in [4.69, 9.17) is 0 Å². The van der Waals surface area contributed by atoms with Gasteiger partial charge in [0.1, 0.15) is 0 Å². The molecule has 1 N–H and O–H groups in total. The molecule has 1 unspecified atom stereocenters. The molecule has 0 saturated carbocycles. The van der Waals surface area contributed by atoms with Crippen molar-refractivity contribution >= 4 is 15.5 Å². The van der Waals surface area contributed by atoms with Gasteiger partial charge >= 0.3 is 0 Å². The minimum Gasteiger partial charge on any atom is -0.382 e. The molecule has 2 heterocycles. The number of sulfone groups is 1. The summed E-state index contributed by atoms with van der Waals surface area (Å²) >= 11 is 0. The monoisotopic (exact) mass is 226 g/mol. The number of nitrogens with zero attached hydrogens (tertiary/aromatic N) is 1. The van der Waals surface area contributed by atoms with E-state index in [0.717, 1.165) is 5.69 Å². The molecule has 2 rings (SSSR count). The van der Waals surface area contributed by atoms with E-state index < -0.39 is 9.84 Å². The van der Waals surface area contributed by atoms with E-state index >= 15 is 0 Å². The highest BCUT2D eigenvalue weighted by Gasteiger charge is 2.26. The molecule has 0 spiro atoms. The number of nitrogens with one attached hydrogen (secondary N) is 1. The number of anilines is 1. The average Bonchev–Trinajstić information content (AvgIpc) is 2.24. The van der Waals surface area contributed by atoms with Crippen molar-refractivity contribution in [1.82, 2.24) is 4.98 Å². The predicted molar refractivity (Wildman–Crippen MR) is 58.7 cm³/mol. The lowest BCUT2D eigenvalue weighted by atomic mass is 10.2. The second-order valence-electron chi connectivity index (χ2n) is 4.07. The maximum absolute atomic E-state index is 12.0. The van der Waals surface area contributed by atoms with E-state index in [0.29, 0.717) is 12.2 Å². The number of hydrogen-bond donors (Lipinski definition) is 1. The first-order valence-corrected chi connectivity index (χ1v) is 6.58. The lowest BCUT2D eigenvalue weighted by molar-refractivity contribution is 0.579. The normalized spacial score (nSPS) is 23.7. The van der Waals surface area contributed by atoms with Crippen molar-refractivity contribution in [2.75, 3.05) is 17.6 Å². The Bertz CT molecular complexity index is 482. The summed E-state index contributed by atoms with van der Waals surface area (Å²) in [6, 6.07) is 3.60. The van der Waals surface area contributed by atoms with Gasteiger partial charge in [-0.15, -0.1) is 0 Å². The Morgan fingerprint density at radius 2 is 2.20 bits per heavy atom. The van der Waals surface area contributed by atoms with Crippen molar-refractivity contribution in [3.05, 3.63) is 17.8 Å². The third-order valence-electron chi connectivity index (χ3n) is 2.44. The zero-order valence-corrected chi connectivity index (χ0v) is 9.63. The Morgan fingerprint density at radius 3 is 2.93 bits per heavy atom. The minimum absolute atomic E-state index is 0.115. The average molecular weight is 226 g/mol. The number of hydrogen-bond acceptors (Lipinski definition) is 4. The quantitative estimate of drug-likeness (QED) is 0.722. The van der Waals surface area contributed by atoms with Crippen molar-refractivity contribution in [1.29, 1.82) is 0 Å². The van der Waals surface area contributed by atoms with E-state index in [-0.39, 0.29) is 16.7 Å². The second kappa shape index (κ2) is 3.48. The van der Waals surface area contributed by atoms with Gasteiger partial charge in [0.15, 0.2) is 14.9 Å². The number of aromatic nitrogens is 1. The molecule has 0 bridgehead atoms. The fraction of sp³-hybridized carbons (Fsp3) is 0.500. The van der Waals surface area contributed by atoms with Crippen LogP contribution in [-0.2, 0) is 9.84 Å². The van der Waals surface area contributed by atoms with Crippen molar-refractivity contribution in [2.45, 2.75) is 18.9 Å². The summed E-state index contributed by atoms with van der Waals surface area (Å²) in [5, 5.41) is 3.32. The van der Waals surface area contributed by atoms with E-state index in [9.17, 15) is 8.42 Å². The summed E-state index contributed by atoms with van der Waals surface area (Å²) in [7, 11) is -3.22. The van der Waals surface area contributed by atoms with E-state index in [1.165, 1.54) is 0 Å². The smallest absolute Gasteiger partial charge is 0.198 e. The fourth-order valence-electron chi connectivity index (χ4n) is 1.70. The molecule has 1 atom stereocenters. The molecule has 0 amide bonds. The summed E-state index contributed by atoms with van der Waals surface area (Å²) in [5.41, 5.74) is 1.36. The Hall–Kier alpha value is -1.10. The Labute approximate surface area is 89.6 Å². The predicted octanol–water partition coefficient (Wildman–Crippen LogP) is 1.23. The van der Waals surface area contributed by atoms with Gasteiger partial charge in [0.25, 0.3) is 0 Å². The highest BCUT2D eigenvalue weighted by Crippen LogP contribution is 2.25. The van der Waals surface area contributed by atoms with Gasteiger partial charge in [-0.2, -0.15) is 0 Å². The molecule has 0 aliphatic carbocycles. The summed E-state index contributed by atoms with van der Waals surface area (Å²) < 4.78 is 23.9. The van der Waals surface area contributed by atoms with Gasteiger partial charge in [-0.3, -0.25) is 0 Å². The molecule has 1 aliphatic rings. The summed E-state index contributed by atoms with van der Waals surface area (Å²) in [6.07, 6.45) is 0. The van der Waals surface area contributed by atoms with Gasteiger partial charge < -0.3 is 5.32 Å². The zero-order valence-electron chi connectivity index (χ0n) is 8.82. The molecular formula is C10H14N2O2S. The Kier molecular flexibility index (Phi) is 2.42. The molecule has 1 aliphatic heterocycles.